The molecular formula is C9H16O2. The van der Waals surface area contributed by atoms with E-state index in [-0.39, 0.29) is 5.60 Å². The first-order valence-corrected chi connectivity index (χ1v) is 4.51. The molecule has 0 radical (unpaired) electrons. The van der Waals surface area contributed by atoms with Crippen LogP contribution in [0.25, 0.3) is 0 Å². The third kappa shape index (κ3) is 1.18. The van der Waals surface area contributed by atoms with Crippen molar-refractivity contribution in [2.45, 2.75) is 31.8 Å². The molecule has 1 saturated heterocycles. The maximum atomic E-state index is 10.0. The predicted molar refractivity (Wildman–Crippen MR) is 42.3 cm³/mol. The molecule has 1 atom stereocenters. The summed E-state index contributed by atoms with van der Waals surface area (Å²) < 4.78 is 5.25. The second-order valence-corrected chi connectivity index (χ2v) is 4.18. The lowest BCUT2D eigenvalue weighted by Gasteiger charge is -2.45. The monoisotopic (exact) mass is 156 g/mol. The lowest BCUT2D eigenvalue weighted by molar-refractivity contribution is -0.113. The molecule has 2 fully saturated rings. The van der Waals surface area contributed by atoms with E-state index in [4.69, 9.17) is 4.74 Å². The van der Waals surface area contributed by atoms with Crippen LogP contribution in [0, 0.1) is 11.8 Å². The lowest BCUT2D eigenvalue weighted by atomic mass is 9.65. The average Bonchev–Trinajstić information content (AvgIpc) is 2.34. The van der Waals surface area contributed by atoms with Crippen molar-refractivity contribution < 1.29 is 9.84 Å². The Morgan fingerprint density at radius 2 is 2.18 bits per heavy atom. The molecule has 0 bridgehead atoms. The summed E-state index contributed by atoms with van der Waals surface area (Å²) in [5.74, 6) is 1.15. The van der Waals surface area contributed by atoms with Gasteiger partial charge in [0.1, 0.15) is 0 Å². The van der Waals surface area contributed by atoms with Crippen molar-refractivity contribution in [3.05, 3.63) is 0 Å². The van der Waals surface area contributed by atoms with E-state index in [1.54, 1.807) is 0 Å². The summed E-state index contributed by atoms with van der Waals surface area (Å²) in [7, 11) is 0. The fourth-order valence-corrected chi connectivity index (χ4v) is 2.44. The molecule has 0 amide bonds. The van der Waals surface area contributed by atoms with E-state index in [2.05, 4.69) is 6.92 Å². The van der Waals surface area contributed by atoms with Crippen molar-refractivity contribution in [3.8, 4) is 0 Å². The predicted octanol–water partition coefficient (Wildman–Crippen LogP) is 1.18. The zero-order chi connectivity index (χ0) is 7.90. The number of hydrogen-bond donors (Lipinski definition) is 1. The first-order valence-electron chi connectivity index (χ1n) is 4.51. The van der Waals surface area contributed by atoms with E-state index in [0.717, 1.165) is 38.4 Å². The first kappa shape index (κ1) is 7.56. The average molecular weight is 156 g/mol. The fourth-order valence-electron chi connectivity index (χ4n) is 2.44. The van der Waals surface area contributed by atoms with Crippen molar-refractivity contribution >= 4 is 0 Å². The number of ether oxygens (including phenoxy) is 1. The molecule has 11 heavy (non-hydrogen) atoms. The first-order chi connectivity index (χ1) is 5.21. The molecule has 1 saturated carbocycles. The second kappa shape index (κ2) is 2.46. The highest BCUT2D eigenvalue weighted by Gasteiger charge is 2.47. The molecular weight excluding hydrogens is 140 g/mol. The SMILES string of the molecule is CC1CC(O)(C2CCOC2)C1. The van der Waals surface area contributed by atoms with Crippen LogP contribution in [0.3, 0.4) is 0 Å². The Kier molecular flexibility index (Phi) is 1.69. The summed E-state index contributed by atoms with van der Waals surface area (Å²) in [5.41, 5.74) is -0.351. The zero-order valence-electron chi connectivity index (χ0n) is 7.05. The van der Waals surface area contributed by atoms with Gasteiger partial charge in [-0.25, -0.2) is 0 Å². The van der Waals surface area contributed by atoms with Gasteiger partial charge in [-0.3, -0.25) is 0 Å². The standard InChI is InChI=1S/C9H16O2/c1-7-4-9(10,5-7)8-2-3-11-6-8/h7-8,10H,2-6H2,1H3. The van der Waals surface area contributed by atoms with Crippen molar-refractivity contribution in [1.29, 1.82) is 0 Å². The molecule has 1 heterocycles. The quantitative estimate of drug-likeness (QED) is 0.618. The van der Waals surface area contributed by atoms with Gasteiger partial charge in [-0.05, 0) is 25.2 Å². The molecule has 0 spiro atoms. The minimum atomic E-state index is -0.351. The maximum Gasteiger partial charge on any atom is 0.0703 e. The van der Waals surface area contributed by atoms with E-state index in [0.29, 0.717) is 5.92 Å². The Labute approximate surface area is 67.6 Å². The largest absolute Gasteiger partial charge is 0.389 e. The van der Waals surface area contributed by atoms with Crippen LogP contribution in [0.2, 0.25) is 0 Å². The van der Waals surface area contributed by atoms with Crippen LogP contribution in [-0.2, 0) is 4.74 Å². The van der Waals surface area contributed by atoms with E-state index in [1.807, 2.05) is 0 Å². The van der Waals surface area contributed by atoms with E-state index >= 15 is 0 Å². The Balaban J connectivity index is 1.93. The van der Waals surface area contributed by atoms with E-state index < -0.39 is 0 Å². The van der Waals surface area contributed by atoms with Crippen LogP contribution in [-0.4, -0.2) is 23.9 Å². The topological polar surface area (TPSA) is 29.5 Å². The molecule has 1 aliphatic heterocycles. The lowest BCUT2D eigenvalue weighted by Crippen LogP contribution is -2.49. The Morgan fingerprint density at radius 3 is 2.64 bits per heavy atom. The van der Waals surface area contributed by atoms with Gasteiger partial charge in [-0.1, -0.05) is 6.92 Å². The van der Waals surface area contributed by atoms with Gasteiger partial charge < -0.3 is 9.84 Å². The van der Waals surface area contributed by atoms with Crippen molar-refractivity contribution in [1.82, 2.24) is 0 Å². The Bertz CT molecular complexity index is 144. The molecule has 1 aliphatic carbocycles. The molecule has 1 N–H and O–H groups in total. The minimum Gasteiger partial charge on any atom is -0.389 e. The number of rotatable bonds is 1. The van der Waals surface area contributed by atoms with Gasteiger partial charge in [0, 0.05) is 12.5 Å². The van der Waals surface area contributed by atoms with Crippen LogP contribution in [0.5, 0.6) is 0 Å². The molecule has 2 nitrogen and oxygen atoms in total. The molecule has 0 aromatic rings. The van der Waals surface area contributed by atoms with Gasteiger partial charge in [-0.2, -0.15) is 0 Å². The van der Waals surface area contributed by atoms with Crippen LogP contribution in [0.1, 0.15) is 26.2 Å². The molecule has 0 aromatic carbocycles. The molecule has 64 valence electrons. The van der Waals surface area contributed by atoms with Crippen LogP contribution < -0.4 is 0 Å². The molecule has 0 aromatic heterocycles. The molecule has 2 aliphatic rings. The summed E-state index contributed by atoms with van der Waals surface area (Å²) in [6, 6.07) is 0. The van der Waals surface area contributed by atoms with Crippen LogP contribution >= 0.6 is 0 Å². The van der Waals surface area contributed by atoms with Gasteiger partial charge in [0.05, 0.1) is 12.2 Å². The molecule has 2 heteroatoms. The smallest absolute Gasteiger partial charge is 0.0703 e. The van der Waals surface area contributed by atoms with Gasteiger partial charge in [0.2, 0.25) is 0 Å². The molecule has 1 unspecified atom stereocenters. The molecule has 2 rings (SSSR count). The van der Waals surface area contributed by atoms with Crippen molar-refractivity contribution in [2.24, 2.45) is 11.8 Å². The van der Waals surface area contributed by atoms with E-state index in [9.17, 15) is 5.11 Å². The van der Waals surface area contributed by atoms with Gasteiger partial charge in [-0.15, -0.1) is 0 Å². The fraction of sp³-hybridized carbons (Fsp3) is 1.00. The highest BCUT2D eigenvalue weighted by atomic mass is 16.5. The zero-order valence-corrected chi connectivity index (χ0v) is 7.05. The van der Waals surface area contributed by atoms with E-state index in [1.165, 1.54) is 0 Å². The summed E-state index contributed by atoms with van der Waals surface area (Å²) in [6.07, 6.45) is 3.03. The van der Waals surface area contributed by atoms with Gasteiger partial charge in [0.15, 0.2) is 0 Å². The summed E-state index contributed by atoms with van der Waals surface area (Å²) in [5, 5.41) is 10.0. The summed E-state index contributed by atoms with van der Waals surface area (Å²) in [6.45, 7) is 3.83. The third-order valence-corrected chi connectivity index (χ3v) is 3.09. The summed E-state index contributed by atoms with van der Waals surface area (Å²) >= 11 is 0. The number of aliphatic hydroxyl groups is 1. The highest BCUT2D eigenvalue weighted by molar-refractivity contribution is 4.98. The Hall–Kier alpha value is -0.0800. The van der Waals surface area contributed by atoms with Crippen molar-refractivity contribution in [3.63, 3.8) is 0 Å². The van der Waals surface area contributed by atoms with Crippen LogP contribution in [0.15, 0.2) is 0 Å². The highest BCUT2D eigenvalue weighted by Crippen LogP contribution is 2.45. The van der Waals surface area contributed by atoms with Crippen molar-refractivity contribution in [2.75, 3.05) is 13.2 Å². The summed E-state index contributed by atoms with van der Waals surface area (Å²) in [4.78, 5) is 0. The van der Waals surface area contributed by atoms with Crippen LogP contribution in [0.4, 0.5) is 0 Å². The Morgan fingerprint density at radius 1 is 1.45 bits per heavy atom. The normalized spacial score (nSPS) is 50.7. The maximum absolute atomic E-state index is 10.0. The second-order valence-electron chi connectivity index (χ2n) is 4.18. The van der Waals surface area contributed by atoms with Gasteiger partial charge >= 0.3 is 0 Å². The third-order valence-electron chi connectivity index (χ3n) is 3.09. The van der Waals surface area contributed by atoms with Gasteiger partial charge in [0.25, 0.3) is 0 Å². The number of hydrogen-bond acceptors (Lipinski definition) is 2. The minimum absolute atomic E-state index is 0.351.